The molecule has 30 heavy (non-hydrogen) atoms. The molecule has 1 unspecified atom stereocenters. The Kier molecular flexibility index (Phi) is 6.51. The number of nitrogens with one attached hydrogen (secondary N) is 1. The molecule has 1 aliphatic heterocycles. The summed E-state index contributed by atoms with van der Waals surface area (Å²) < 4.78 is 27.4. The molecule has 1 fully saturated rings. The second-order valence-electron chi connectivity index (χ2n) is 7.65. The number of hydrogen-bond donors (Lipinski definition) is 1. The summed E-state index contributed by atoms with van der Waals surface area (Å²) >= 11 is 0. The van der Waals surface area contributed by atoms with Crippen LogP contribution in [0.1, 0.15) is 35.8 Å². The number of carbonyl (C=O) groups is 1. The van der Waals surface area contributed by atoms with Gasteiger partial charge in [0.05, 0.1) is 11.3 Å². The topological polar surface area (TPSA) is 58.1 Å². The van der Waals surface area contributed by atoms with Gasteiger partial charge in [0.25, 0.3) is 5.91 Å². The average Bonchev–Trinajstić information content (AvgIpc) is 2.66. The van der Waals surface area contributed by atoms with E-state index in [9.17, 15) is 13.6 Å². The van der Waals surface area contributed by atoms with Gasteiger partial charge in [-0.05, 0) is 49.9 Å². The van der Waals surface area contributed by atoms with Crippen molar-refractivity contribution in [2.75, 3.05) is 18.4 Å². The molecule has 1 saturated heterocycles. The summed E-state index contributed by atoms with van der Waals surface area (Å²) in [5.41, 5.74) is 2.29. The molecule has 2 aromatic heterocycles. The minimum Gasteiger partial charge on any atom is -0.354 e. The van der Waals surface area contributed by atoms with Crippen LogP contribution in [0.15, 0.2) is 36.5 Å². The summed E-state index contributed by atoms with van der Waals surface area (Å²) in [5.74, 6) is -1.11. The zero-order chi connectivity index (χ0) is 20.5. The SMILES string of the molecule is Cc1ccc2c(Nc3cc(F)cc(F)c3)c(C(=O)N3CCCC(C)C3)cnc2n1.Cl. The lowest BCUT2D eigenvalue weighted by Crippen LogP contribution is -2.39. The third-order valence-corrected chi connectivity index (χ3v) is 5.18. The van der Waals surface area contributed by atoms with Gasteiger partial charge in [-0.2, -0.15) is 0 Å². The maximum absolute atomic E-state index is 13.7. The van der Waals surface area contributed by atoms with E-state index in [2.05, 4.69) is 22.2 Å². The fourth-order valence-electron chi connectivity index (χ4n) is 3.78. The van der Waals surface area contributed by atoms with Gasteiger partial charge in [-0.1, -0.05) is 6.92 Å². The molecule has 158 valence electrons. The monoisotopic (exact) mass is 432 g/mol. The Balaban J connectivity index is 0.00000256. The molecule has 5 nitrogen and oxygen atoms in total. The highest BCUT2D eigenvalue weighted by molar-refractivity contribution is 6.07. The number of nitrogens with zero attached hydrogens (tertiary/aromatic N) is 3. The third-order valence-electron chi connectivity index (χ3n) is 5.18. The zero-order valence-corrected chi connectivity index (χ0v) is 17.6. The summed E-state index contributed by atoms with van der Waals surface area (Å²) in [6.07, 6.45) is 3.54. The molecule has 1 atom stereocenters. The molecule has 1 aliphatic rings. The number of pyridine rings is 2. The van der Waals surface area contributed by atoms with Gasteiger partial charge in [0.1, 0.15) is 11.6 Å². The van der Waals surface area contributed by atoms with Gasteiger partial charge in [-0.3, -0.25) is 4.79 Å². The molecule has 0 saturated carbocycles. The number of amides is 1. The van der Waals surface area contributed by atoms with Crippen molar-refractivity contribution in [3.8, 4) is 0 Å². The summed E-state index contributed by atoms with van der Waals surface area (Å²) in [5, 5.41) is 3.66. The Morgan fingerprint density at radius 2 is 1.93 bits per heavy atom. The number of carbonyl (C=O) groups excluding carboxylic acids is 1. The first kappa shape index (κ1) is 21.9. The highest BCUT2D eigenvalue weighted by atomic mass is 35.5. The lowest BCUT2D eigenvalue weighted by atomic mass is 9.99. The van der Waals surface area contributed by atoms with E-state index in [4.69, 9.17) is 0 Å². The fraction of sp³-hybridized carbons (Fsp3) is 0.318. The molecule has 0 aliphatic carbocycles. The number of benzene rings is 1. The first-order chi connectivity index (χ1) is 13.9. The molecule has 3 heterocycles. The molecule has 4 rings (SSSR count). The van der Waals surface area contributed by atoms with Gasteiger partial charge in [0.2, 0.25) is 0 Å². The van der Waals surface area contributed by atoms with Crippen molar-refractivity contribution in [2.24, 2.45) is 5.92 Å². The van der Waals surface area contributed by atoms with Crippen molar-refractivity contribution in [1.29, 1.82) is 0 Å². The van der Waals surface area contributed by atoms with E-state index < -0.39 is 11.6 Å². The van der Waals surface area contributed by atoms with Crippen LogP contribution in [0.3, 0.4) is 0 Å². The van der Waals surface area contributed by atoms with Crippen molar-refractivity contribution in [1.82, 2.24) is 14.9 Å². The number of rotatable bonds is 3. The van der Waals surface area contributed by atoms with Gasteiger partial charge in [-0.15, -0.1) is 12.4 Å². The van der Waals surface area contributed by atoms with Crippen LogP contribution >= 0.6 is 12.4 Å². The molecule has 1 N–H and O–H groups in total. The van der Waals surface area contributed by atoms with E-state index in [-0.39, 0.29) is 24.0 Å². The third kappa shape index (κ3) is 4.51. The number of anilines is 2. The normalized spacial score (nSPS) is 16.3. The van der Waals surface area contributed by atoms with Crippen molar-refractivity contribution in [3.63, 3.8) is 0 Å². The predicted octanol–water partition coefficient (Wildman–Crippen LogP) is 5.25. The molecule has 3 aromatic rings. The summed E-state index contributed by atoms with van der Waals surface area (Å²) in [4.78, 5) is 23.9. The molecular weight excluding hydrogens is 410 g/mol. The highest BCUT2D eigenvalue weighted by Crippen LogP contribution is 2.31. The number of likely N-dealkylation sites (tertiary alicyclic amines) is 1. The van der Waals surface area contributed by atoms with E-state index >= 15 is 0 Å². The largest absolute Gasteiger partial charge is 0.354 e. The van der Waals surface area contributed by atoms with Gasteiger partial charge in [-0.25, -0.2) is 18.7 Å². The summed E-state index contributed by atoms with van der Waals surface area (Å²) in [6, 6.07) is 6.82. The second-order valence-corrected chi connectivity index (χ2v) is 7.65. The van der Waals surface area contributed by atoms with Crippen LogP contribution in [0.5, 0.6) is 0 Å². The highest BCUT2D eigenvalue weighted by Gasteiger charge is 2.25. The van der Waals surface area contributed by atoms with Crippen molar-refractivity contribution < 1.29 is 13.6 Å². The van der Waals surface area contributed by atoms with Crippen molar-refractivity contribution >= 4 is 40.7 Å². The predicted molar refractivity (Wildman–Crippen MR) is 115 cm³/mol. The van der Waals surface area contributed by atoms with E-state index in [0.717, 1.165) is 24.6 Å². The molecule has 0 bridgehead atoms. The van der Waals surface area contributed by atoms with E-state index in [1.54, 1.807) is 0 Å². The van der Waals surface area contributed by atoms with E-state index in [1.165, 1.54) is 18.3 Å². The van der Waals surface area contributed by atoms with Crippen LogP contribution in [0.4, 0.5) is 20.2 Å². The molecule has 0 radical (unpaired) electrons. The Labute approximate surface area is 179 Å². The van der Waals surface area contributed by atoms with Crippen LogP contribution in [0.2, 0.25) is 0 Å². The van der Waals surface area contributed by atoms with Crippen LogP contribution in [0.25, 0.3) is 11.0 Å². The number of hydrogen-bond acceptors (Lipinski definition) is 4. The molecule has 1 amide bonds. The molecule has 1 aromatic carbocycles. The molecule has 8 heteroatoms. The number of aromatic nitrogens is 2. The Morgan fingerprint density at radius 3 is 2.63 bits per heavy atom. The first-order valence-corrected chi connectivity index (χ1v) is 9.69. The maximum atomic E-state index is 13.7. The van der Waals surface area contributed by atoms with Crippen LogP contribution in [-0.2, 0) is 0 Å². The van der Waals surface area contributed by atoms with E-state index in [0.29, 0.717) is 41.3 Å². The maximum Gasteiger partial charge on any atom is 0.257 e. The Bertz CT molecular complexity index is 1070. The number of halogens is 3. The summed E-state index contributed by atoms with van der Waals surface area (Å²) in [7, 11) is 0. The quantitative estimate of drug-likeness (QED) is 0.613. The smallest absolute Gasteiger partial charge is 0.257 e. The average molecular weight is 433 g/mol. The minimum atomic E-state index is -0.697. The molecule has 0 spiro atoms. The second kappa shape index (κ2) is 8.92. The number of fused-ring (bicyclic) bond motifs is 1. The zero-order valence-electron chi connectivity index (χ0n) is 16.8. The first-order valence-electron chi connectivity index (χ1n) is 9.69. The lowest BCUT2D eigenvalue weighted by molar-refractivity contribution is 0.0684. The Hall–Kier alpha value is -2.80. The van der Waals surface area contributed by atoms with Gasteiger partial charge in [0.15, 0.2) is 5.65 Å². The van der Waals surface area contributed by atoms with Gasteiger partial charge in [0, 0.05) is 42.1 Å². The van der Waals surface area contributed by atoms with Crippen LogP contribution in [0, 0.1) is 24.5 Å². The van der Waals surface area contributed by atoms with Gasteiger partial charge >= 0.3 is 0 Å². The van der Waals surface area contributed by atoms with Crippen molar-refractivity contribution in [3.05, 3.63) is 59.4 Å². The van der Waals surface area contributed by atoms with Crippen LogP contribution < -0.4 is 5.32 Å². The lowest BCUT2D eigenvalue weighted by Gasteiger charge is -2.31. The van der Waals surface area contributed by atoms with E-state index in [1.807, 2.05) is 24.0 Å². The minimum absolute atomic E-state index is 0. The standard InChI is InChI=1S/C22H22F2N4O.ClH/c1-13-4-3-7-28(12-13)22(29)19-11-25-21-18(6-5-14(2)26-21)20(19)27-17-9-15(23)8-16(24)10-17;/h5-6,8-11,13H,3-4,7,12H2,1-2H3,(H,25,26,27);1H. The number of aryl methyl sites for hydroxylation is 1. The van der Waals surface area contributed by atoms with Crippen LogP contribution in [-0.4, -0.2) is 33.9 Å². The summed E-state index contributed by atoms with van der Waals surface area (Å²) in [6.45, 7) is 5.34. The molecular formula is C22H23ClF2N4O. The van der Waals surface area contributed by atoms with Crippen molar-refractivity contribution in [2.45, 2.75) is 26.7 Å². The van der Waals surface area contributed by atoms with Gasteiger partial charge < -0.3 is 10.2 Å². The Morgan fingerprint density at radius 1 is 1.20 bits per heavy atom. The fourth-order valence-corrected chi connectivity index (χ4v) is 3.78. The number of piperidine rings is 1.